The molecule has 3 aromatic rings. The first-order chi connectivity index (χ1) is 15.1. The second kappa shape index (κ2) is 9.21. The van der Waals surface area contributed by atoms with Crippen LogP contribution in [0.2, 0.25) is 0 Å². The number of pyridine rings is 1. The summed E-state index contributed by atoms with van der Waals surface area (Å²) >= 11 is 0. The molecule has 0 saturated heterocycles. The van der Waals surface area contributed by atoms with Crippen LogP contribution < -0.4 is 10.1 Å². The molecule has 2 aromatic carbocycles. The highest BCUT2D eigenvalue weighted by molar-refractivity contribution is 5.96. The van der Waals surface area contributed by atoms with E-state index in [-0.39, 0.29) is 22.6 Å². The summed E-state index contributed by atoms with van der Waals surface area (Å²) in [6.45, 7) is 1.59. The van der Waals surface area contributed by atoms with E-state index in [0.717, 1.165) is 37.6 Å². The Morgan fingerprint density at radius 2 is 1.84 bits per heavy atom. The predicted octanol–water partition coefficient (Wildman–Crippen LogP) is 6.13. The molecule has 1 heterocycles. The molecule has 0 saturated carbocycles. The van der Waals surface area contributed by atoms with Crippen molar-refractivity contribution >= 4 is 11.7 Å². The Bertz CT molecular complexity index is 1130. The van der Waals surface area contributed by atoms with Crippen LogP contribution in [-0.2, 0) is 10.9 Å². The molecule has 0 amide bonds. The Morgan fingerprint density at radius 3 is 2.50 bits per heavy atom. The summed E-state index contributed by atoms with van der Waals surface area (Å²) in [7, 11) is 1.13. The zero-order valence-corrected chi connectivity index (χ0v) is 16.8. The maximum absolute atomic E-state index is 14.1. The summed E-state index contributed by atoms with van der Waals surface area (Å²) < 4.78 is 76.8. The molecule has 1 aromatic heterocycles. The summed E-state index contributed by atoms with van der Waals surface area (Å²) in [6.07, 6.45) is -3.55. The minimum atomic E-state index is -4.69. The zero-order valence-electron chi connectivity index (χ0n) is 16.8. The van der Waals surface area contributed by atoms with Gasteiger partial charge in [-0.2, -0.15) is 13.2 Å². The molecular weight excluding hydrogens is 435 g/mol. The first-order valence-electron chi connectivity index (χ1n) is 9.24. The molecule has 1 unspecified atom stereocenters. The molecule has 0 fully saturated rings. The van der Waals surface area contributed by atoms with Gasteiger partial charge in [0.1, 0.15) is 22.9 Å². The van der Waals surface area contributed by atoms with Crippen molar-refractivity contribution in [2.45, 2.75) is 19.1 Å². The van der Waals surface area contributed by atoms with E-state index in [4.69, 9.17) is 9.47 Å². The second-order valence-electron chi connectivity index (χ2n) is 6.69. The van der Waals surface area contributed by atoms with Crippen molar-refractivity contribution in [1.29, 1.82) is 0 Å². The van der Waals surface area contributed by atoms with Crippen LogP contribution in [0.4, 0.5) is 27.6 Å². The lowest BCUT2D eigenvalue weighted by Gasteiger charge is -2.19. The summed E-state index contributed by atoms with van der Waals surface area (Å²) in [5, 5.41) is 2.91. The third-order valence-electron chi connectivity index (χ3n) is 4.49. The predicted molar refractivity (Wildman–Crippen MR) is 105 cm³/mol. The molecule has 0 aliphatic heterocycles. The van der Waals surface area contributed by atoms with E-state index in [0.29, 0.717) is 0 Å². The van der Waals surface area contributed by atoms with Crippen LogP contribution in [0.1, 0.15) is 34.5 Å². The van der Waals surface area contributed by atoms with Gasteiger partial charge in [-0.05, 0) is 43.3 Å². The number of alkyl halides is 3. The number of benzene rings is 2. The minimum absolute atomic E-state index is 0.0659. The van der Waals surface area contributed by atoms with E-state index in [9.17, 15) is 26.7 Å². The fourth-order valence-corrected chi connectivity index (χ4v) is 2.95. The average Bonchev–Trinajstić information content (AvgIpc) is 2.73. The summed E-state index contributed by atoms with van der Waals surface area (Å²) in [4.78, 5) is 15.9. The van der Waals surface area contributed by atoms with Gasteiger partial charge in [0.25, 0.3) is 0 Å². The lowest BCUT2D eigenvalue weighted by molar-refractivity contribution is -0.138. The van der Waals surface area contributed by atoms with E-state index in [1.165, 1.54) is 24.3 Å². The van der Waals surface area contributed by atoms with Crippen LogP contribution in [0.5, 0.6) is 11.6 Å². The zero-order chi connectivity index (χ0) is 23.5. The quantitative estimate of drug-likeness (QED) is 0.360. The number of carbonyl (C=O) groups excluding carboxylic acids is 1. The van der Waals surface area contributed by atoms with Gasteiger partial charge in [0.05, 0.1) is 18.7 Å². The van der Waals surface area contributed by atoms with Gasteiger partial charge < -0.3 is 14.8 Å². The van der Waals surface area contributed by atoms with E-state index in [2.05, 4.69) is 10.3 Å². The van der Waals surface area contributed by atoms with Crippen molar-refractivity contribution < 1.29 is 36.2 Å². The van der Waals surface area contributed by atoms with E-state index >= 15 is 0 Å². The van der Waals surface area contributed by atoms with Gasteiger partial charge in [-0.3, -0.25) is 0 Å². The van der Waals surface area contributed by atoms with Crippen molar-refractivity contribution in [2.75, 3.05) is 12.4 Å². The summed E-state index contributed by atoms with van der Waals surface area (Å²) in [5.74, 6) is -3.09. The number of aromatic nitrogens is 1. The van der Waals surface area contributed by atoms with Gasteiger partial charge in [0.15, 0.2) is 0 Å². The van der Waals surface area contributed by atoms with Gasteiger partial charge in [0, 0.05) is 23.5 Å². The van der Waals surface area contributed by atoms with E-state index in [1.54, 1.807) is 6.92 Å². The standard InChI is InChI=1S/C22H17F5N2O3/c1-12(15-7-5-13(23)10-18(15)24)29-19-8-6-14(11-16(19)21(30)31-2)32-20-17(22(25,26)27)4-3-9-28-20/h3-12,29H,1-2H3. The number of rotatable bonds is 6. The molecule has 1 N–H and O–H groups in total. The lowest BCUT2D eigenvalue weighted by atomic mass is 10.1. The Morgan fingerprint density at radius 1 is 1.09 bits per heavy atom. The molecule has 1 atom stereocenters. The number of esters is 1. The number of hydrogen-bond donors (Lipinski definition) is 1. The van der Waals surface area contributed by atoms with Gasteiger partial charge in [-0.1, -0.05) is 6.07 Å². The highest BCUT2D eigenvalue weighted by Gasteiger charge is 2.35. The lowest BCUT2D eigenvalue weighted by Crippen LogP contribution is -2.13. The first kappa shape index (κ1) is 23.0. The highest BCUT2D eigenvalue weighted by Crippen LogP contribution is 2.37. The van der Waals surface area contributed by atoms with Crippen LogP contribution in [-0.4, -0.2) is 18.1 Å². The van der Waals surface area contributed by atoms with Crippen molar-refractivity contribution in [1.82, 2.24) is 4.98 Å². The molecule has 0 spiro atoms. The monoisotopic (exact) mass is 452 g/mol. The molecule has 32 heavy (non-hydrogen) atoms. The van der Waals surface area contributed by atoms with Crippen LogP contribution in [0.25, 0.3) is 0 Å². The molecule has 0 aliphatic carbocycles. The molecule has 0 aliphatic rings. The average molecular weight is 452 g/mol. The normalized spacial score (nSPS) is 12.2. The first-order valence-corrected chi connectivity index (χ1v) is 9.24. The van der Waals surface area contributed by atoms with Crippen molar-refractivity contribution in [3.8, 4) is 11.6 Å². The molecule has 3 rings (SSSR count). The SMILES string of the molecule is COC(=O)c1cc(Oc2ncccc2C(F)(F)F)ccc1NC(C)c1ccc(F)cc1F. The largest absolute Gasteiger partial charge is 0.465 e. The van der Waals surface area contributed by atoms with Gasteiger partial charge in [-0.15, -0.1) is 0 Å². The molecule has 168 valence electrons. The Hall–Kier alpha value is -3.69. The van der Waals surface area contributed by atoms with Crippen LogP contribution in [0, 0.1) is 11.6 Å². The Kier molecular flexibility index (Phi) is 6.61. The van der Waals surface area contributed by atoms with Crippen LogP contribution in [0.3, 0.4) is 0 Å². The Labute approximate surface area is 179 Å². The number of ether oxygens (including phenoxy) is 2. The third-order valence-corrected chi connectivity index (χ3v) is 4.49. The number of anilines is 1. The number of methoxy groups -OCH3 is 1. The number of carbonyl (C=O) groups is 1. The minimum Gasteiger partial charge on any atom is -0.465 e. The summed E-state index contributed by atoms with van der Waals surface area (Å²) in [6, 6.07) is 8.22. The fourth-order valence-electron chi connectivity index (χ4n) is 2.95. The van der Waals surface area contributed by atoms with Gasteiger partial charge >= 0.3 is 12.1 Å². The third kappa shape index (κ3) is 5.13. The van der Waals surface area contributed by atoms with Gasteiger partial charge in [0.2, 0.25) is 5.88 Å². The van der Waals surface area contributed by atoms with Crippen LogP contribution in [0.15, 0.2) is 54.7 Å². The molecule has 0 radical (unpaired) electrons. The van der Waals surface area contributed by atoms with Crippen LogP contribution >= 0.6 is 0 Å². The number of halogens is 5. The molecule has 0 bridgehead atoms. The Balaban J connectivity index is 1.93. The number of nitrogens with one attached hydrogen (secondary N) is 1. The fraction of sp³-hybridized carbons (Fsp3) is 0.182. The van der Waals surface area contributed by atoms with Crippen molar-refractivity contribution in [3.05, 3.63) is 83.1 Å². The smallest absolute Gasteiger partial charge is 0.421 e. The number of nitrogens with zero attached hydrogens (tertiary/aromatic N) is 1. The molecule has 5 nitrogen and oxygen atoms in total. The van der Waals surface area contributed by atoms with Crippen molar-refractivity contribution in [3.63, 3.8) is 0 Å². The van der Waals surface area contributed by atoms with Crippen molar-refractivity contribution in [2.24, 2.45) is 0 Å². The van der Waals surface area contributed by atoms with E-state index in [1.807, 2.05) is 0 Å². The maximum Gasteiger partial charge on any atom is 0.421 e. The molecular formula is C22H17F5N2O3. The topological polar surface area (TPSA) is 60.5 Å². The molecule has 10 heteroatoms. The maximum atomic E-state index is 14.1. The van der Waals surface area contributed by atoms with Gasteiger partial charge in [-0.25, -0.2) is 18.6 Å². The number of hydrogen-bond acceptors (Lipinski definition) is 5. The highest BCUT2D eigenvalue weighted by atomic mass is 19.4. The summed E-state index contributed by atoms with van der Waals surface area (Å²) in [5.41, 5.74) is -0.797. The second-order valence-corrected chi connectivity index (χ2v) is 6.69. The van der Waals surface area contributed by atoms with E-state index < -0.39 is 41.3 Å².